The Bertz CT molecular complexity index is 1030. The van der Waals surface area contributed by atoms with Crippen LogP contribution in [0.5, 0.6) is 5.75 Å². The van der Waals surface area contributed by atoms with Gasteiger partial charge in [-0.2, -0.15) is 0 Å². The highest BCUT2D eigenvalue weighted by atomic mass is 35.5. The molecule has 0 unspecified atom stereocenters. The first-order chi connectivity index (χ1) is 15.1. The number of piperazine rings is 1. The predicted molar refractivity (Wildman–Crippen MR) is 121 cm³/mol. The van der Waals surface area contributed by atoms with E-state index in [9.17, 15) is 9.90 Å². The van der Waals surface area contributed by atoms with E-state index in [1.807, 2.05) is 24.3 Å². The van der Waals surface area contributed by atoms with E-state index in [4.69, 9.17) is 16.3 Å². The van der Waals surface area contributed by atoms with Gasteiger partial charge in [-0.05, 0) is 35.4 Å². The van der Waals surface area contributed by atoms with E-state index >= 15 is 0 Å². The Hall–Kier alpha value is -3.09. The molecule has 2 aromatic carbocycles. The molecule has 0 radical (unpaired) electrons. The first-order valence-electron chi connectivity index (χ1n) is 10.2. The van der Waals surface area contributed by atoms with Crippen LogP contribution in [0.25, 0.3) is 0 Å². The van der Waals surface area contributed by atoms with E-state index in [1.165, 1.54) is 5.56 Å². The second-order valence-electron chi connectivity index (χ2n) is 7.48. The van der Waals surface area contributed by atoms with Gasteiger partial charge in [-0.25, -0.2) is 9.78 Å². The highest BCUT2D eigenvalue weighted by molar-refractivity contribution is 6.32. The molecule has 1 N–H and O–H groups in total. The maximum absolute atomic E-state index is 11.4. The van der Waals surface area contributed by atoms with Crippen molar-refractivity contribution in [2.75, 3.05) is 31.1 Å². The number of anilines is 1. The summed E-state index contributed by atoms with van der Waals surface area (Å²) in [4.78, 5) is 20.2. The Balaban J connectivity index is 1.29. The number of aromatic nitrogens is 1. The van der Waals surface area contributed by atoms with Gasteiger partial charge in [-0.3, -0.25) is 4.90 Å². The van der Waals surface area contributed by atoms with Gasteiger partial charge in [0.05, 0.1) is 5.02 Å². The van der Waals surface area contributed by atoms with Crippen LogP contribution in [0.3, 0.4) is 0 Å². The number of carbonyl (C=O) groups is 1. The van der Waals surface area contributed by atoms with Gasteiger partial charge in [-0.15, -0.1) is 0 Å². The number of carboxylic acid groups (broad SMARTS) is 1. The van der Waals surface area contributed by atoms with E-state index < -0.39 is 5.97 Å². The molecular weight excluding hydrogens is 414 g/mol. The first-order valence-corrected chi connectivity index (χ1v) is 10.6. The van der Waals surface area contributed by atoms with Crippen LogP contribution in [0.15, 0.2) is 66.9 Å². The maximum atomic E-state index is 11.4. The van der Waals surface area contributed by atoms with Crippen molar-refractivity contribution in [1.29, 1.82) is 0 Å². The molecule has 3 aromatic rings. The molecule has 0 saturated carbocycles. The zero-order chi connectivity index (χ0) is 21.6. The van der Waals surface area contributed by atoms with Gasteiger partial charge < -0.3 is 14.7 Å². The van der Waals surface area contributed by atoms with Gasteiger partial charge in [-0.1, -0.05) is 48.0 Å². The first kappa shape index (κ1) is 21.2. The van der Waals surface area contributed by atoms with Gasteiger partial charge >= 0.3 is 5.97 Å². The quantitative estimate of drug-likeness (QED) is 0.593. The molecule has 2 heterocycles. The summed E-state index contributed by atoms with van der Waals surface area (Å²) >= 11 is 6.13. The van der Waals surface area contributed by atoms with Crippen LogP contribution in [0.4, 0.5) is 5.82 Å². The lowest BCUT2D eigenvalue weighted by Gasteiger charge is -2.35. The molecule has 1 aromatic heterocycles. The molecule has 0 bridgehead atoms. The number of ether oxygens (including phenoxy) is 1. The van der Waals surface area contributed by atoms with Crippen molar-refractivity contribution in [3.63, 3.8) is 0 Å². The lowest BCUT2D eigenvalue weighted by molar-refractivity contribution is 0.0697. The molecule has 6 nitrogen and oxygen atoms in total. The van der Waals surface area contributed by atoms with Crippen molar-refractivity contribution in [1.82, 2.24) is 9.88 Å². The van der Waals surface area contributed by atoms with Crippen LogP contribution < -0.4 is 9.64 Å². The van der Waals surface area contributed by atoms with Gasteiger partial charge in [0.1, 0.15) is 23.7 Å². The van der Waals surface area contributed by atoms with Crippen LogP contribution in [-0.2, 0) is 13.2 Å². The van der Waals surface area contributed by atoms with E-state index in [0.29, 0.717) is 23.2 Å². The molecule has 4 rings (SSSR count). The number of para-hydroxylation sites is 1. The lowest BCUT2D eigenvalue weighted by atomic mass is 10.1. The minimum Gasteiger partial charge on any atom is -0.487 e. The number of benzene rings is 2. The summed E-state index contributed by atoms with van der Waals surface area (Å²) in [6.07, 6.45) is 1.64. The lowest BCUT2D eigenvalue weighted by Crippen LogP contribution is -2.46. The molecule has 31 heavy (non-hydrogen) atoms. The summed E-state index contributed by atoms with van der Waals surface area (Å²) in [5.41, 5.74) is 2.58. The smallest absolute Gasteiger partial charge is 0.339 e. The average molecular weight is 438 g/mol. The summed E-state index contributed by atoms with van der Waals surface area (Å²) in [5.74, 6) is 0.298. The molecule has 0 amide bonds. The summed E-state index contributed by atoms with van der Waals surface area (Å²) in [6, 6.07) is 19.1. The molecule has 1 aliphatic rings. The molecule has 1 fully saturated rings. The summed E-state index contributed by atoms with van der Waals surface area (Å²) in [7, 11) is 0. The monoisotopic (exact) mass is 437 g/mol. The highest BCUT2D eigenvalue weighted by Gasteiger charge is 2.22. The Morgan fingerprint density at radius 3 is 2.39 bits per heavy atom. The predicted octanol–water partition coefficient (Wildman–Crippen LogP) is 4.33. The van der Waals surface area contributed by atoms with Crippen molar-refractivity contribution in [3.05, 3.63) is 88.6 Å². The molecule has 0 spiro atoms. The SMILES string of the molecule is O=C(O)c1cccnc1N1CCN(Cc2ccc(COc3ccccc3Cl)cc2)CC1. The summed E-state index contributed by atoms with van der Waals surface area (Å²) in [6.45, 7) is 4.54. The number of aromatic carboxylic acids is 1. The van der Waals surface area contributed by atoms with Gasteiger partial charge in [0, 0.05) is 38.9 Å². The number of carboxylic acids is 1. The molecule has 7 heteroatoms. The molecular formula is C24H24ClN3O3. The molecule has 160 valence electrons. The van der Waals surface area contributed by atoms with Crippen LogP contribution >= 0.6 is 11.6 Å². The fraction of sp³-hybridized carbons (Fsp3) is 0.250. The topological polar surface area (TPSA) is 65.9 Å². The third-order valence-corrected chi connectivity index (χ3v) is 5.66. The van der Waals surface area contributed by atoms with Gasteiger partial charge in [0.15, 0.2) is 0 Å². The average Bonchev–Trinajstić information content (AvgIpc) is 2.80. The van der Waals surface area contributed by atoms with Crippen LogP contribution in [0.1, 0.15) is 21.5 Å². The number of pyridine rings is 1. The number of rotatable bonds is 7. The Kier molecular flexibility index (Phi) is 6.70. The molecule has 1 saturated heterocycles. The molecule has 0 aliphatic carbocycles. The number of hydrogen-bond acceptors (Lipinski definition) is 5. The minimum atomic E-state index is -0.941. The van der Waals surface area contributed by atoms with Crippen molar-refractivity contribution in [2.24, 2.45) is 0 Å². The molecule has 0 atom stereocenters. The Morgan fingerprint density at radius 2 is 1.68 bits per heavy atom. The zero-order valence-corrected chi connectivity index (χ0v) is 17.8. The summed E-state index contributed by atoms with van der Waals surface area (Å²) in [5, 5.41) is 10.0. The number of hydrogen-bond donors (Lipinski definition) is 1. The van der Waals surface area contributed by atoms with E-state index in [-0.39, 0.29) is 5.56 Å². The second-order valence-corrected chi connectivity index (χ2v) is 7.89. The van der Waals surface area contributed by atoms with E-state index in [0.717, 1.165) is 38.3 Å². The highest BCUT2D eigenvalue weighted by Crippen LogP contribution is 2.24. The van der Waals surface area contributed by atoms with Gasteiger partial charge in [0.2, 0.25) is 0 Å². The normalized spacial score (nSPS) is 14.4. The van der Waals surface area contributed by atoms with Crippen LogP contribution in [0.2, 0.25) is 5.02 Å². The Labute approximate surface area is 186 Å². The van der Waals surface area contributed by atoms with E-state index in [1.54, 1.807) is 18.3 Å². The maximum Gasteiger partial charge on any atom is 0.339 e. The minimum absolute atomic E-state index is 0.255. The van der Waals surface area contributed by atoms with Crippen LogP contribution in [0, 0.1) is 0 Å². The largest absolute Gasteiger partial charge is 0.487 e. The van der Waals surface area contributed by atoms with Crippen molar-refractivity contribution in [2.45, 2.75) is 13.2 Å². The Morgan fingerprint density at radius 1 is 0.968 bits per heavy atom. The fourth-order valence-corrected chi connectivity index (χ4v) is 3.85. The van der Waals surface area contributed by atoms with Crippen molar-refractivity contribution >= 4 is 23.4 Å². The summed E-state index contributed by atoms with van der Waals surface area (Å²) < 4.78 is 5.80. The zero-order valence-electron chi connectivity index (χ0n) is 17.1. The number of halogens is 1. The third kappa shape index (κ3) is 5.34. The van der Waals surface area contributed by atoms with Crippen molar-refractivity contribution in [3.8, 4) is 5.75 Å². The standard InChI is InChI=1S/C24H24ClN3O3/c25-21-5-1-2-6-22(21)31-17-19-9-7-18(8-10-19)16-27-12-14-28(15-13-27)23-20(24(29)30)4-3-11-26-23/h1-11H,12-17H2,(H,29,30). The second kappa shape index (κ2) is 9.81. The van der Waals surface area contributed by atoms with Crippen molar-refractivity contribution < 1.29 is 14.6 Å². The van der Waals surface area contributed by atoms with E-state index in [2.05, 4.69) is 39.0 Å². The fourth-order valence-electron chi connectivity index (χ4n) is 3.66. The third-order valence-electron chi connectivity index (χ3n) is 5.35. The van der Waals surface area contributed by atoms with Crippen LogP contribution in [-0.4, -0.2) is 47.1 Å². The number of nitrogens with zero attached hydrogens (tertiary/aromatic N) is 3. The molecule has 1 aliphatic heterocycles. The van der Waals surface area contributed by atoms with Gasteiger partial charge in [0.25, 0.3) is 0 Å².